The van der Waals surface area contributed by atoms with Crippen molar-refractivity contribution in [1.82, 2.24) is 0 Å². The van der Waals surface area contributed by atoms with E-state index >= 15 is 0 Å². The van der Waals surface area contributed by atoms with Crippen LogP contribution in [-0.2, 0) is 11.9 Å². The Labute approximate surface area is 128 Å². The van der Waals surface area contributed by atoms with Gasteiger partial charge < -0.3 is 9.47 Å². The van der Waals surface area contributed by atoms with Gasteiger partial charge in [-0.2, -0.15) is 0 Å². The lowest BCUT2D eigenvalue weighted by molar-refractivity contribution is 0.267. The smallest absolute Gasteiger partial charge is 0.191 e. The average molecular weight is 361 g/mol. The van der Waals surface area contributed by atoms with Crippen LogP contribution in [0.3, 0.4) is 0 Å². The Morgan fingerprint density at radius 2 is 1.76 bits per heavy atom. The molecule has 0 bridgehead atoms. The molecule has 2 aromatic rings. The number of hydrogen-bond acceptors (Lipinski definition) is 2. The molecule has 0 aliphatic carbocycles. The number of methoxy groups -OCH3 is 1. The number of rotatable bonds is 5. The van der Waals surface area contributed by atoms with E-state index in [9.17, 15) is 13.2 Å². The SMILES string of the molecule is COc1cccc(COc2c(F)cc(CBr)cc2F)c1F. The fourth-order valence-corrected chi connectivity index (χ4v) is 2.13. The zero-order chi connectivity index (χ0) is 15.4. The van der Waals surface area contributed by atoms with Gasteiger partial charge in [0.1, 0.15) is 6.61 Å². The van der Waals surface area contributed by atoms with Gasteiger partial charge in [0.25, 0.3) is 0 Å². The molecule has 0 atom stereocenters. The topological polar surface area (TPSA) is 18.5 Å². The summed E-state index contributed by atoms with van der Waals surface area (Å²) in [5, 5.41) is 0.325. The second-order valence-electron chi connectivity index (χ2n) is 4.24. The molecule has 6 heteroatoms. The molecule has 0 unspecified atom stereocenters. The van der Waals surface area contributed by atoms with Crippen molar-refractivity contribution in [2.45, 2.75) is 11.9 Å². The van der Waals surface area contributed by atoms with Crippen molar-refractivity contribution in [1.29, 1.82) is 0 Å². The molecule has 0 heterocycles. The van der Waals surface area contributed by atoms with Crippen molar-refractivity contribution in [2.24, 2.45) is 0 Å². The summed E-state index contributed by atoms with van der Waals surface area (Å²) >= 11 is 3.11. The number of hydrogen-bond donors (Lipinski definition) is 0. The van der Waals surface area contributed by atoms with Crippen LogP contribution in [0.1, 0.15) is 11.1 Å². The third kappa shape index (κ3) is 3.50. The van der Waals surface area contributed by atoms with Crippen molar-refractivity contribution in [2.75, 3.05) is 7.11 Å². The zero-order valence-corrected chi connectivity index (χ0v) is 12.7. The van der Waals surface area contributed by atoms with Crippen LogP contribution in [0.4, 0.5) is 13.2 Å². The Hall–Kier alpha value is -1.69. The van der Waals surface area contributed by atoms with E-state index in [0.29, 0.717) is 10.9 Å². The number of ether oxygens (including phenoxy) is 2. The summed E-state index contributed by atoms with van der Waals surface area (Å²) in [5.41, 5.74) is 0.600. The summed E-state index contributed by atoms with van der Waals surface area (Å²) in [7, 11) is 1.33. The minimum Gasteiger partial charge on any atom is -0.494 e. The van der Waals surface area contributed by atoms with Crippen LogP contribution in [-0.4, -0.2) is 7.11 Å². The molecule has 21 heavy (non-hydrogen) atoms. The third-order valence-corrected chi connectivity index (χ3v) is 3.50. The van der Waals surface area contributed by atoms with Gasteiger partial charge in [-0.3, -0.25) is 0 Å². The lowest BCUT2D eigenvalue weighted by Gasteiger charge is -2.11. The first kappa shape index (κ1) is 15.7. The summed E-state index contributed by atoms with van der Waals surface area (Å²) < 4.78 is 51.3. The molecule has 0 saturated heterocycles. The third-order valence-electron chi connectivity index (χ3n) is 2.85. The van der Waals surface area contributed by atoms with Gasteiger partial charge in [0.15, 0.2) is 29.0 Å². The molecule has 2 rings (SSSR count). The summed E-state index contributed by atoms with van der Waals surface area (Å²) in [6, 6.07) is 6.80. The molecular weight excluding hydrogens is 349 g/mol. The molecule has 0 radical (unpaired) electrons. The average Bonchev–Trinajstić information content (AvgIpc) is 2.47. The van der Waals surface area contributed by atoms with E-state index in [4.69, 9.17) is 9.47 Å². The molecular formula is C15H12BrF3O2. The maximum absolute atomic E-state index is 13.9. The normalized spacial score (nSPS) is 10.5. The van der Waals surface area contributed by atoms with Crippen LogP contribution >= 0.6 is 15.9 Å². The van der Waals surface area contributed by atoms with E-state index in [0.717, 1.165) is 12.1 Å². The Balaban J connectivity index is 2.21. The van der Waals surface area contributed by atoms with Gasteiger partial charge in [-0.05, 0) is 23.8 Å². The van der Waals surface area contributed by atoms with Crippen LogP contribution < -0.4 is 9.47 Å². The predicted octanol–water partition coefficient (Wildman–Crippen LogP) is 4.59. The second-order valence-corrected chi connectivity index (χ2v) is 4.81. The van der Waals surface area contributed by atoms with E-state index < -0.39 is 23.2 Å². The fourth-order valence-electron chi connectivity index (χ4n) is 1.80. The predicted molar refractivity (Wildman–Crippen MR) is 76.3 cm³/mol. The minimum atomic E-state index is -0.826. The molecule has 0 aromatic heterocycles. The van der Waals surface area contributed by atoms with Crippen molar-refractivity contribution in [3.05, 3.63) is 58.9 Å². The lowest BCUT2D eigenvalue weighted by atomic mass is 10.2. The highest BCUT2D eigenvalue weighted by Gasteiger charge is 2.15. The summed E-state index contributed by atoms with van der Waals surface area (Å²) in [6.07, 6.45) is 0. The maximum atomic E-state index is 13.9. The highest BCUT2D eigenvalue weighted by atomic mass is 79.9. The second kappa shape index (κ2) is 6.85. The standard InChI is InChI=1S/C15H12BrF3O2/c1-20-13-4-2-3-10(14(13)19)8-21-15-11(17)5-9(7-16)6-12(15)18/h2-6H,7-8H2,1H3. The summed E-state index contributed by atoms with van der Waals surface area (Å²) in [5.74, 6) is -2.74. The maximum Gasteiger partial charge on any atom is 0.191 e. The van der Waals surface area contributed by atoms with Gasteiger partial charge in [0.05, 0.1) is 7.11 Å². The first-order valence-electron chi connectivity index (χ1n) is 6.05. The quantitative estimate of drug-likeness (QED) is 0.726. The van der Waals surface area contributed by atoms with E-state index in [1.807, 2.05) is 0 Å². The van der Waals surface area contributed by atoms with E-state index in [-0.39, 0.29) is 17.9 Å². The largest absolute Gasteiger partial charge is 0.494 e. The van der Waals surface area contributed by atoms with Crippen molar-refractivity contribution < 1.29 is 22.6 Å². The van der Waals surface area contributed by atoms with Crippen LogP contribution in [0.25, 0.3) is 0 Å². The summed E-state index contributed by atoms with van der Waals surface area (Å²) in [6.45, 7) is -0.301. The van der Waals surface area contributed by atoms with Crippen molar-refractivity contribution in [3.8, 4) is 11.5 Å². The molecule has 0 fully saturated rings. The van der Waals surface area contributed by atoms with Gasteiger partial charge in [0.2, 0.25) is 0 Å². The van der Waals surface area contributed by atoms with Gasteiger partial charge >= 0.3 is 0 Å². The molecule has 0 amide bonds. The molecule has 0 aliphatic heterocycles. The van der Waals surface area contributed by atoms with Crippen LogP contribution in [0.5, 0.6) is 11.5 Å². The highest BCUT2D eigenvalue weighted by Crippen LogP contribution is 2.27. The van der Waals surface area contributed by atoms with Gasteiger partial charge in [0, 0.05) is 10.9 Å². The first-order valence-corrected chi connectivity index (χ1v) is 7.17. The zero-order valence-electron chi connectivity index (χ0n) is 11.1. The van der Waals surface area contributed by atoms with E-state index in [1.54, 1.807) is 6.07 Å². The highest BCUT2D eigenvalue weighted by molar-refractivity contribution is 9.08. The molecule has 0 spiro atoms. The van der Waals surface area contributed by atoms with Crippen molar-refractivity contribution >= 4 is 15.9 Å². The van der Waals surface area contributed by atoms with Crippen LogP contribution in [0.2, 0.25) is 0 Å². The Morgan fingerprint density at radius 1 is 1.10 bits per heavy atom. The monoisotopic (exact) mass is 360 g/mol. The Morgan fingerprint density at radius 3 is 2.33 bits per heavy atom. The minimum absolute atomic E-state index is 0.0479. The van der Waals surface area contributed by atoms with Crippen LogP contribution in [0.15, 0.2) is 30.3 Å². The van der Waals surface area contributed by atoms with Crippen LogP contribution in [0, 0.1) is 17.5 Å². The van der Waals surface area contributed by atoms with Gasteiger partial charge in [-0.15, -0.1) is 0 Å². The molecule has 2 aromatic carbocycles. The number of halogens is 4. The van der Waals surface area contributed by atoms with Crippen molar-refractivity contribution in [3.63, 3.8) is 0 Å². The Kier molecular flexibility index (Phi) is 5.12. The Bertz CT molecular complexity index is 624. The fraction of sp³-hybridized carbons (Fsp3) is 0.200. The molecule has 0 saturated carbocycles. The van der Waals surface area contributed by atoms with Gasteiger partial charge in [-0.1, -0.05) is 28.1 Å². The molecule has 2 nitrogen and oxygen atoms in total. The van der Waals surface area contributed by atoms with E-state index in [2.05, 4.69) is 15.9 Å². The molecule has 112 valence electrons. The molecule has 0 N–H and O–H groups in total. The number of alkyl halides is 1. The van der Waals surface area contributed by atoms with E-state index in [1.165, 1.54) is 19.2 Å². The number of benzene rings is 2. The summed E-state index contributed by atoms with van der Waals surface area (Å²) in [4.78, 5) is 0. The van der Waals surface area contributed by atoms with Gasteiger partial charge in [-0.25, -0.2) is 13.2 Å². The first-order chi connectivity index (χ1) is 10.1. The molecule has 0 aliphatic rings. The lowest BCUT2D eigenvalue weighted by Crippen LogP contribution is -2.03.